The SMILES string of the molecule is CC(C)NC(CCSCC(NC(C)C)C(=O)C(C)C)C(=O)C(C)C. The van der Waals surface area contributed by atoms with E-state index in [1.165, 1.54) is 0 Å². The number of hydrogen-bond acceptors (Lipinski definition) is 5. The second-order valence-electron chi connectivity index (χ2n) is 7.73. The second-order valence-corrected chi connectivity index (χ2v) is 8.88. The largest absolute Gasteiger partial charge is 0.305 e. The first-order chi connectivity index (χ1) is 11.1. The molecular weight excluding hydrogens is 320 g/mol. The lowest BCUT2D eigenvalue weighted by atomic mass is 9.99. The van der Waals surface area contributed by atoms with Crippen LogP contribution < -0.4 is 10.6 Å². The van der Waals surface area contributed by atoms with Crippen molar-refractivity contribution in [3.05, 3.63) is 0 Å². The fourth-order valence-corrected chi connectivity index (χ4v) is 3.60. The van der Waals surface area contributed by atoms with Crippen LogP contribution in [0.5, 0.6) is 0 Å². The van der Waals surface area contributed by atoms with Gasteiger partial charge < -0.3 is 10.6 Å². The predicted octanol–water partition coefficient (Wildman–Crippen LogP) is 3.29. The van der Waals surface area contributed by atoms with E-state index in [0.717, 1.165) is 17.9 Å². The topological polar surface area (TPSA) is 58.2 Å². The molecule has 0 aromatic heterocycles. The minimum Gasteiger partial charge on any atom is -0.305 e. The van der Waals surface area contributed by atoms with Crippen molar-refractivity contribution in [1.29, 1.82) is 0 Å². The zero-order valence-corrected chi connectivity index (χ0v) is 17.6. The molecule has 0 saturated carbocycles. The van der Waals surface area contributed by atoms with Crippen molar-refractivity contribution in [2.45, 2.75) is 86.0 Å². The molecule has 0 rings (SSSR count). The first-order valence-corrected chi connectivity index (χ1v) is 10.4. The number of rotatable bonds is 13. The second kappa shape index (κ2) is 12.0. The molecule has 0 fully saturated rings. The average molecular weight is 359 g/mol. The van der Waals surface area contributed by atoms with Gasteiger partial charge in [0.15, 0.2) is 11.6 Å². The highest BCUT2D eigenvalue weighted by atomic mass is 32.2. The fourth-order valence-electron chi connectivity index (χ4n) is 2.53. The lowest BCUT2D eigenvalue weighted by Gasteiger charge is -2.23. The predicted molar refractivity (Wildman–Crippen MR) is 106 cm³/mol. The van der Waals surface area contributed by atoms with Crippen molar-refractivity contribution in [3.8, 4) is 0 Å². The van der Waals surface area contributed by atoms with Crippen molar-refractivity contribution < 1.29 is 9.59 Å². The summed E-state index contributed by atoms with van der Waals surface area (Å²) in [5.74, 6) is 2.28. The summed E-state index contributed by atoms with van der Waals surface area (Å²) in [5, 5.41) is 6.75. The van der Waals surface area contributed by atoms with Gasteiger partial charge in [-0.25, -0.2) is 0 Å². The molecule has 0 bridgehead atoms. The quantitative estimate of drug-likeness (QED) is 0.495. The van der Waals surface area contributed by atoms with E-state index in [0.29, 0.717) is 6.04 Å². The van der Waals surface area contributed by atoms with Crippen molar-refractivity contribution >= 4 is 23.3 Å². The molecule has 0 aromatic carbocycles. The van der Waals surface area contributed by atoms with Gasteiger partial charge in [0.25, 0.3) is 0 Å². The molecule has 2 atom stereocenters. The number of carbonyl (C=O) groups is 2. The van der Waals surface area contributed by atoms with Gasteiger partial charge >= 0.3 is 0 Å². The molecule has 24 heavy (non-hydrogen) atoms. The van der Waals surface area contributed by atoms with E-state index >= 15 is 0 Å². The van der Waals surface area contributed by atoms with Gasteiger partial charge in [0.2, 0.25) is 0 Å². The van der Waals surface area contributed by atoms with Gasteiger partial charge in [-0.2, -0.15) is 11.8 Å². The Morgan fingerprint density at radius 3 is 1.58 bits per heavy atom. The molecular formula is C19H38N2O2S. The Hall–Kier alpha value is -0.390. The van der Waals surface area contributed by atoms with E-state index in [9.17, 15) is 9.59 Å². The van der Waals surface area contributed by atoms with E-state index in [1.807, 2.05) is 27.7 Å². The van der Waals surface area contributed by atoms with Crippen LogP contribution in [0, 0.1) is 11.8 Å². The summed E-state index contributed by atoms with van der Waals surface area (Å²) >= 11 is 1.76. The summed E-state index contributed by atoms with van der Waals surface area (Å²) in [6.45, 7) is 16.1. The van der Waals surface area contributed by atoms with Crippen LogP contribution in [0.2, 0.25) is 0 Å². The summed E-state index contributed by atoms with van der Waals surface area (Å²) < 4.78 is 0. The van der Waals surface area contributed by atoms with Crippen LogP contribution in [0.3, 0.4) is 0 Å². The number of ketones is 2. The third kappa shape index (κ3) is 9.80. The number of thioether (sulfide) groups is 1. The van der Waals surface area contributed by atoms with Crippen molar-refractivity contribution in [1.82, 2.24) is 10.6 Å². The Labute approximate surface area is 153 Å². The number of nitrogens with one attached hydrogen (secondary N) is 2. The molecule has 2 unspecified atom stereocenters. The highest BCUT2D eigenvalue weighted by molar-refractivity contribution is 7.99. The first-order valence-electron chi connectivity index (χ1n) is 9.23. The van der Waals surface area contributed by atoms with Gasteiger partial charge in [0.05, 0.1) is 12.1 Å². The van der Waals surface area contributed by atoms with E-state index in [-0.39, 0.29) is 41.5 Å². The summed E-state index contributed by atoms with van der Waals surface area (Å²) in [5.41, 5.74) is 0. The van der Waals surface area contributed by atoms with Gasteiger partial charge in [-0.1, -0.05) is 55.4 Å². The average Bonchev–Trinajstić information content (AvgIpc) is 2.46. The third-order valence-corrected chi connectivity index (χ3v) is 4.82. The number of carbonyl (C=O) groups excluding carboxylic acids is 2. The third-order valence-electron chi connectivity index (χ3n) is 3.73. The van der Waals surface area contributed by atoms with E-state index < -0.39 is 0 Å². The molecule has 0 saturated heterocycles. The molecule has 0 aromatic rings. The lowest BCUT2D eigenvalue weighted by molar-refractivity contribution is -0.124. The first kappa shape index (κ1) is 23.6. The highest BCUT2D eigenvalue weighted by Gasteiger charge is 2.24. The van der Waals surface area contributed by atoms with Gasteiger partial charge in [0.1, 0.15) is 0 Å². The Morgan fingerprint density at radius 2 is 1.17 bits per heavy atom. The van der Waals surface area contributed by atoms with Crippen LogP contribution in [0.25, 0.3) is 0 Å². The maximum absolute atomic E-state index is 12.3. The standard InChI is InChI=1S/C19H38N2O2S/c1-12(2)18(22)16(20-14(5)6)9-10-24-11-17(21-15(7)8)19(23)13(3)4/h12-17,20-21H,9-11H2,1-8H3. The van der Waals surface area contributed by atoms with Gasteiger partial charge in [-0.15, -0.1) is 0 Å². The Kier molecular flexibility index (Phi) is 11.8. The summed E-state index contributed by atoms with van der Waals surface area (Å²) in [6, 6.07) is 0.388. The van der Waals surface area contributed by atoms with Crippen molar-refractivity contribution in [2.24, 2.45) is 11.8 Å². The number of hydrogen-bond donors (Lipinski definition) is 2. The monoisotopic (exact) mass is 358 g/mol. The summed E-state index contributed by atoms with van der Waals surface area (Å²) in [7, 11) is 0. The molecule has 0 aliphatic rings. The van der Waals surface area contributed by atoms with Crippen LogP contribution in [-0.4, -0.2) is 47.2 Å². The minimum atomic E-state index is -0.104. The van der Waals surface area contributed by atoms with E-state index in [2.05, 4.69) is 38.3 Å². The van der Waals surface area contributed by atoms with Crippen molar-refractivity contribution in [3.63, 3.8) is 0 Å². The summed E-state index contributed by atoms with van der Waals surface area (Å²) in [4.78, 5) is 24.6. The fraction of sp³-hybridized carbons (Fsp3) is 0.895. The Morgan fingerprint density at radius 1 is 0.750 bits per heavy atom. The van der Waals surface area contributed by atoms with Crippen LogP contribution in [-0.2, 0) is 9.59 Å². The minimum absolute atomic E-state index is 0.0414. The van der Waals surface area contributed by atoms with Crippen LogP contribution in [0.1, 0.15) is 61.8 Å². The molecule has 0 heterocycles. The molecule has 0 aliphatic heterocycles. The van der Waals surface area contributed by atoms with Crippen LogP contribution in [0.15, 0.2) is 0 Å². The maximum atomic E-state index is 12.3. The van der Waals surface area contributed by atoms with Crippen LogP contribution >= 0.6 is 11.8 Å². The van der Waals surface area contributed by atoms with Crippen LogP contribution in [0.4, 0.5) is 0 Å². The molecule has 0 spiro atoms. The number of Topliss-reactive ketones (excluding diaryl/α,β-unsaturated/α-hetero) is 2. The van der Waals surface area contributed by atoms with E-state index in [4.69, 9.17) is 0 Å². The Bertz CT molecular complexity index is 346. The smallest absolute Gasteiger partial charge is 0.153 e. The molecule has 0 amide bonds. The maximum Gasteiger partial charge on any atom is 0.153 e. The lowest BCUT2D eigenvalue weighted by Crippen LogP contribution is -2.45. The van der Waals surface area contributed by atoms with Gasteiger partial charge in [-0.3, -0.25) is 9.59 Å². The van der Waals surface area contributed by atoms with Gasteiger partial charge in [-0.05, 0) is 12.2 Å². The van der Waals surface area contributed by atoms with Crippen molar-refractivity contribution in [2.75, 3.05) is 11.5 Å². The zero-order valence-electron chi connectivity index (χ0n) is 16.8. The van der Waals surface area contributed by atoms with Gasteiger partial charge in [0, 0.05) is 29.7 Å². The molecule has 142 valence electrons. The zero-order chi connectivity index (χ0) is 18.9. The summed E-state index contributed by atoms with van der Waals surface area (Å²) in [6.07, 6.45) is 0.810. The molecule has 0 radical (unpaired) electrons. The molecule has 0 aliphatic carbocycles. The Balaban J connectivity index is 4.51. The molecule has 4 nitrogen and oxygen atoms in total. The normalized spacial score (nSPS) is 14.7. The highest BCUT2D eigenvalue weighted by Crippen LogP contribution is 2.13. The van der Waals surface area contributed by atoms with E-state index in [1.54, 1.807) is 11.8 Å². The molecule has 5 heteroatoms. The molecule has 2 N–H and O–H groups in total.